The lowest BCUT2D eigenvalue weighted by Gasteiger charge is -2.08. The number of ketones is 1. The molecule has 0 radical (unpaired) electrons. The number of nitrogens with one attached hydrogen (secondary N) is 1. The van der Waals surface area contributed by atoms with Gasteiger partial charge in [-0.2, -0.15) is 0 Å². The molecule has 0 spiro atoms. The SMILES string of the molecule is O=C(c1ccc2c(c1)C(=O)NCCO2)c1ccccc1I. The quantitative estimate of drug-likeness (QED) is 0.631. The Labute approximate surface area is 135 Å². The van der Waals surface area contributed by atoms with E-state index >= 15 is 0 Å². The van der Waals surface area contributed by atoms with Crippen molar-refractivity contribution in [1.29, 1.82) is 0 Å². The lowest BCUT2D eigenvalue weighted by atomic mass is 10.0. The number of amides is 1. The van der Waals surface area contributed by atoms with Crippen molar-refractivity contribution in [3.8, 4) is 5.75 Å². The summed E-state index contributed by atoms with van der Waals surface area (Å²) in [5.41, 5.74) is 1.52. The molecule has 1 aliphatic rings. The number of benzene rings is 2. The Morgan fingerprint density at radius 3 is 2.81 bits per heavy atom. The molecular weight excluding hydrogens is 381 g/mol. The van der Waals surface area contributed by atoms with Crippen molar-refractivity contribution in [1.82, 2.24) is 5.32 Å². The highest BCUT2D eigenvalue weighted by atomic mass is 127. The molecule has 0 atom stereocenters. The smallest absolute Gasteiger partial charge is 0.255 e. The number of rotatable bonds is 2. The molecular formula is C16H12INO3. The van der Waals surface area contributed by atoms with Gasteiger partial charge in [0.05, 0.1) is 12.1 Å². The minimum Gasteiger partial charge on any atom is -0.491 e. The van der Waals surface area contributed by atoms with Gasteiger partial charge in [-0.3, -0.25) is 9.59 Å². The van der Waals surface area contributed by atoms with E-state index in [9.17, 15) is 9.59 Å². The van der Waals surface area contributed by atoms with Crippen LogP contribution < -0.4 is 10.1 Å². The maximum Gasteiger partial charge on any atom is 0.255 e. The molecule has 1 aliphatic heterocycles. The van der Waals surface area contributed by atoms with Gasteiger partial charge in [0.2, 0.25) is 0 Å². The van der Waals surface area contributed by atoms with Crippen LogP contribution in [0.25, 0.3) is 0 Å². The predicted octanol–water partition coefficient (Wildman–Crippen LogP) is 2.64. The summed E-state index contributed by atoms with van der Waals surface area (Å²) < 4.78 is 6.37. The van der Waals surface area contributed by atoms with E-state index in [0.29, 0.717) is 35.6 Å². The number of carbonyl (C=O) groups is 2. The normalized spacial score (nSPS) is 13.7. The van der Waals surface area contributed by atoms with Crippen LogP contribution >= 0.6 is 22.6 Å². The zero-order valence-electron chi connectivity index (χ0n) is 11.1. The molecule has 0 fully saturated rings. The lowest BCUT2D eigenvalue weighted by molar-refractivity contribution is 0.0957. The van der Waals surface area contributed by atoms with Crippen LogP contribution in [-0.4, -0.2) is 24.8 Å². The zero-order chi connectivity index (χ0) is 14.8. The first-order valence-corrected chi connectivity index (χ1v) is 7.59. The van der Waals surface area contributed by atoms with Gasteiger partial charge in [0.25, 0.3) is 5.91 Å². The van der Waals surface area contributed by atoms with Gasteiger partial charge in [-0.15, -0.1) is 0 Å². The topological polar surface area (TPSA) is 55.4 Å². The number of carbonyl (C=O) groups excluding carboxylic acids is 2. The molecule has 3 rings (SSSR count). The average molecular weight is 393 g/mol. The minimum atomic E-state index is -0.208. The van der Waals surface area contributed by atoms with E-state index in [2.05, 4.69) is 27.9 Å². The monoisotopic (exact) mass is 393 g/mol. The van der Waals surface area contributed by atoms with Gasteiger partial charge in [-0.25, -0.2) is 0 Å². The standard InChI is InChI=1S/C16H12INO3/c17-13-4-2-1-3-11(13)15(19)10-5-6-14-12(9-10)16(20)18-7-8-21-14/h1-6,9H,7-8H2,(H,18,20). The molecule has 21 heavy (non-hydrogen) atoms. The molecule has 0 aliphatic carbocycles. The molecule has 2 aromatic rings. The van der Waals surface area contributed by atoms with Gasteiger partial charge >= 0.3 is 0 Å². The second kappa shape index (κ2) is 5.85. The van der Waals surface area contributed by atoms with Crippen molar-refractivity contribution in [2.75, 3.05) is 13.2 Å². The number of hydrogen-bond donors (Lipinski definition) is 1. The Morgan fingerprint density at radius 2 is 2.00 bits per heavy atom. The van der Waals surface area contributed by atoms with E-state index in [1.54, 1.807) is 24.3 Å². The molecule has 0 aromatic heterocycles. The Hall–Kier alpha value is -1.89. The first-order valence-electron chi connectivity index (χ1n) is 6.51. The van der Waals surface area contributed by atoms with Gasteiger partial charge in [0.1, 0.15) is 12.4 Å². The lowest BCUT2D eigenvalue weighted by Crippen LogP contribution is -2.24. The maximum atomic E-state index is 12.6. The molecule has 2 aromatic carbocycles. The summed E-state index contributed by atoms with van der Waals surface area (Å²) in [6.07, 6.45) is 0. The van der Waals surface area contributed by atoms with Gasteiger partial charge in [0.15, 0.2) is 5.78 Å². The molecule has 0 unspecified atom stereocenters. The second-order valence-corrected chi connectivity index (χ2v) is 5.79. The average Bonchev–Trinajstić information content (AvgIpc) is 2.69. The Morgan fingerprint density at radius 1 is 1.19 bits per heavy atom. The summed E-state index contributed by atoms with van der Waals surface area (Å²) in [7, 11) is 0. The van der Waals surface area contributed by atoms with E-state index in [0.717, 1.165) is 3.57 Å². The third kappa shape index (κ3) is 2.78. The van der Waals surface area contributed by atoms with Crippen molar-refractivity contribution in [2.24, 2.45) is 0 Å². The third-order valence-corrected chi connectivity index (χ3v) is 4.19. The fourth-order valence-corrected chi connectivity index (χ4v) is 2.83. The van der Waals surface area contributed by atoms with Crippen LogP contribution in [0.3, 0.4) is 0 Å². The highest BCUT2D eigenvalue weighted by molar-refractivity contribution is 14.1. The van der Waals surface area contributed by atoms with Crippen LogP contribution in [0.4, 0.5) is 0 Å². The van der Waals surface area contributed by atoms with Crippen LogP contribution in [0.2, 0.25) is 0 Å². The van der Waals surface area contributed by atoms with Gasteiger partial charge in [-0.05, 0) is 52.9 Å². The molecule has 4 nitrogen and oxygen atoms in total. The highest BCUT2D eigenvalue weighted by Gasteiger charge is 2.20. The molecule has 0 bridgehead atoms. The Balaban J connectivity index is 2.02. The number of fused-ring (bicyclic) bond motifs is 1. The van der Waals surface area contributed by atoms with Crippen LogP contribution in [0, 0.1) is 3.57 Å². The number of ether oxygens (including phenoxy) is 1. The van der Waals surface area contributed by atoms with Gasteiger partial charge in [-0.1, -0.05) is 12.1 Å². The molecule has 1 amide bonds. The van der Waals surface area contributed by atoms with Crippen molar-refractivity contribution < 1.29 is 14.3 Å². The fraction of sp³-hybridized carbons (Fsp3) is 0.125. The van der Waals surface area contributed by atoms with E-state index in [1.165, 1.54) is 0 Å². The van der Waals surface area contributed by atoms with E-state index in [1.807, 2.05) is 18.2 Å². The van der Waals surface area contributed by atoms with Crippen LogP contribution in [0.1, 0.15) is 26.3 Å². The van der Waals surface area contributed by atoms with Crippen molar-refractivity contribution in [3.63, 3.8) is 0 Å². The van der Waals surface area contributed by atoms with Gasteiger partial charge < -0.3 is 10.1 Å². The summed E-state index contributed by atoms with van der Waals surface area (Å²) in [6, 6.07) is 12.4. The Bertz CT molecular complexity index is 727. The molecule has 106 valence electrons. The molecule has 0 saturated carbocycles. The Kier molecular flexibility index (Phi) is 3.92. The number of halogens is 1. The summed E-state index contributed by atoms with van der Waals surface area (Å²) in [6.45, 7) is 0.899. The largest absolute Gasteiger partial charge is 0.491 e. The van der Waals surface area contributed by atoms with E-state index in [-0.39, 0.29) is 11.7 Å². The third-order valence-electron chi connectivity index (χ3n) is 3.25. The van der Waals surface area contributed by atoms with Crippen molar-refractivity contribution in [3.05, 3.63) is 62.7 Å². The molecule has 1 heterocycles. The number of hydrogen-bond acceptors (Lipinski definition) is 3. The highest BCUT2D eigenvalue weighted by Crippen LogP contribution is 2.24. The zero-order valence-corrected chi connectivity index (χ0v) is 13.2. The molecule has 0 saturated heterocycles. The fourth-order valence-electron chi connectivity index (χ4n) is 2.20. The van der Waals surface area contributed by atoms with E-state index in [4.69, 9.17) is 4.74 Å². The van der Waals surface area contributed by atoms with Crippen LogP contribution in [0.15, 0.2) is 42.5 Å². The summed E-state index contributed by atoms with van der Waals surface area (Å²) in [5, 5.41) is 2.74. The van der Waals surface area contributed by atoms with Gasteiger partial charge in [0, 0.05) is 14.7 Å². The first-order chi connectivity index (χ1) is 10.2. The van der Waals surface area contributed by atoms with Crippen LogP contribution in [0.5, 0.6) is 5.75 Å². The van der Waals surface area contributed by atoms with E-state index < -0.39 is 0 Å². The second-order valence-electron chi connectivity index (χ2n) is 4.62. The predicted molar refractivity (Wildman–Crippen MR) is 86.9 cm³/mol. The van der Waals surface area contributed by atoms with Crippen LogP contribution in [-0.2, 0) is 0 Å². The first kappa shape index (κ1) is 14.1. The van der Waals surface area contributed by atoms with Crippen molar-refractivity contribution in [2.45, 2.75) is 0 Å². The minimum absolute atomic E-state index is 0.0974. The van der Waals surface area contributed by atoms with Crippen molar-refractivity contribution >= 4 is 34.3 Å². The summed E-state index contributed by atoms with van der Waals surface area (Å²) in [4.78, 5) is 24.5. The summed E-state index contributed by atoms with van der Waals surface area (Å²) in [5.74, 6) is 0.212. The summed E-state index contributed by atoms with van der Waals surface area (Å²) >= 11 is 2.13. The molecule has 5 heteroatoms. The maximum absolute atomic E-state index is 12.6. The molecule has 1 N–H and O–H groups in total.